The van der Waals surface area contributed by atoms with E-state index in [1.54, 1.807) is 0 Å². The Kier molecular flexibility index (Phi) is 12.1. The van der Waals surface area contributed by atoms with Crippen LogP contribution in [-0.4, -0.2) is 56.2 Å². The quantitative estimate of drug-likeness (QED) is 0.243. The molecule has 0 bridgehead atoms. The number of carbonyl (C=O) groups is 1. The average molecular weight is 488 g/mol. The lowest BCUT2D eigenvalue weighted by Crippen LogP contribution is -2.40. The Hall–Kier alpha value is -1.35. The lowest BCUT2D eigenvalue weighted by Gasteiger charge is -2.28. The lowest BCUT2D eigenvalue weighted by atomic mass is 10.00. The number of fused-ring (bicyclic) bond motifs is 1. The maximum atomic E-state index is 12.5. The molecule has 0 fully saturated rings. The Morgan fingerprint density at radius 2 is 1.96 bits per heavy atom. The highest BCUT2D eigenvalue weighted by molar-refractivity contribution is 14.0. The van der Waals surface area contributed by atoms with E-state index in [1.165, 1.54) is 11.1 Å². The fraction of sp³-hybridized carbons (Fsp3) is 0.600. The zero-order valence-corrected chi connectivity index (χ0v) is 18.8. The first kappa shape index (κ1) is 23.7. The van der Waals surface area contributed by atoms with Gasteiger partial charge >= 0.3 is 0 Å². The summed E-state index contributed by atoms with van der Waals surface area (Å²) in [6.07, 6.45) is 2.96. The van der Waals surface area contributed by atoms with E-state index >= 15 is 0 Å². The maximum absolute atomic E-state index is 12.5. The van der Waals surface area contributed by atoms with Crippen molar-refractivity contribution in [1.82, 2.24) is 15.5 Å². The second-order valence-electron chi connectivity index (χ2n) is 6.36. The molecule has 1 aliphatic heterocycles. The number of aliphatic imine (C=N–C) groups is 1. The highest BCUT2D eigenvalue weighted by Crippen LogP contribution is 2.18. The summed E-state index contributed by atoms with van der Waals surface area (Å²) in [6, 6.07) is 8.34. The summed E-state index contributed by atoms with van der Waals surface area (Å²) >= 11 is 0. The number of hydrogen-bond acceptors (Lipinski definition) is 3. The van der Waals surface area contributed by atoms with Gasteiger partial charge in [-0.1, -0.05) is 24.3 Å². The van der Waals surface area contributed by atoms with Crippen LogP contribution in [0.15, 0.2) is 29.3 Å². The van der Waals surface area contributed by atoms with Crippen molar-refractivity contribution in [2.45, 2.75) is 39.7 Å². The Morgan fingerprint density at radius 1 is 1.19 bits per heavy atom. The fourth-order valence-corrected chi connectivity index (χ4v) is 2.98. The highest BCUT2D eigenvalue weighted by Gasteiger charge is 2.19. The molecule has 0 saturated heterocycles. The minimum absolute atomic E-state index is 0. The molecule has 1 aliphatic rings. The molecular formula is C20H33IN4O2. The third kappa shape index (κ3) is 8.47. The number of rotatable bonds is 9. The van der Waals surface area contributed by atoms with Gasteiger partial charge < -0.3 is 20.3 Å². The normalized spacial score (nSPS) is 13.6. The van der Waals surface area contributed by atoms with Crippen LogP contribution >= 0.6 is 24.0 Å². The molecule has 0 unspecified atom stereocenters. The molecule has 0 aromatic heterocycles. The van der Waals surface area contributed by atoms with Crippen LogP contribution in [0.1, 0.15) is 37.8 Å². The zero-order chi connectivity index (χ0) is 18.6. The summed E-state index contributed by atoms with van der Waals surface area (Å²) in [4.78, 5) is 18.9. The number of amides is 1. The lowest BCUT2D eigenvalue weighted by molar-refractivity contribution is -0.130. The molecule has 27 heavy (non-hydrogen) atoms. The molecule has 1 aromatic carbocycles. The van der Waals surface area contributed by atoms with Crippen molar-refractivity contribution < 1.29 is 9.53 Å². The topological polar surface area (TPSA) is 66.0 Å². The van der Waals surface area contributed by atoms with E-state index in [2.05, 4.69) is 33.8 Å². The van der Waals surface area contributed by atoms with Crippen LogP contribution in [0.2, 0.25) is 0 Å². The monoisotopic (exact) mass is 488 g/mol. The van der Waals surface area contributed by atoms with Crippen LogP contribution in [0.5, 0.6) is 0 Å². The van der Waals surface area contributed by atoms with Gasteiger partial charge in [-0.15, -0.1) is 24.0 Å². The number of ether oxygens (including phenoxy) is 1. The number of carbonyl (C=O) groups excluding carboxylic acids is 1. The summed E-state index contributed by atoms with van der Waals surface area (Å²) in [5, 5.41) is 6.48. The zero-order valence-electron chi connectivity index (χ0n) is 16.5. The molecule has 6 nitrogen and oxygen atoms in total. The molecule has 1 amide bonds. The van der Waals surface area contributed by atoms with Gasteiger partial charge in [0.05, 0.1) is 0 Å². The van der Waals surface area contributed by atoms with Gasteiger partial charge in [-0.3, -0.25) is 4.79 Å². The van der Waals surface area contributed by atoms with E-state index in [1.807, 2.05) is 24.8 Å². The van der Waals surface area contributed by atoms with Crippen LogP contribution in [-0.2, 0) is 22.5 Å². The minimum atomic E-state index is 0. The minimum Gasteiger partial charge on any atom is -0.382 e. The number of nitrogens with one attached hydrogen (secondary N) is 2. The summed E-state index contributed by atoms with van der Waals surface area (Å²) < 4.78 is 5.34. The number of unbranched alkanes of at least 4 members (excludes halogenated alkanes) is 1. The van der Waals surface area contributed by atoms with E-state index in [0.29, 0.717) is 12.5 Å². The van der Waals surface area contributed by atoms with Crippen molar-refractivity contribution in [3.8, 4) is 0 Å². The first-order valence-corrected chi connectivity index (χ1v) is 9.69. The van der Waals surface area contributed by atoms with Crippen molar-refractivity contribution in [2.24, 2.45) is 4.99 Å². The molecule has 2 N–H and O–H groups in total. The van der Waals surface area contributed by atoms with E-state index < -0.39 is 0 Å². The van der Waals surface area contributed by atoms with E-state index in [0.717, 1.165) is 52.1 Å². The van der Waals surface area contributed by atoms with Gasteiger partial charge in [-0.2, -0.15) is 0 Å². The van der Waals surface area contributed by atoms with Gasteiger partial charge in [-0.25, -0.2) is 4.99 Å². The Morgan fingerprint density at radius 3 is 2.70 bits per heavy atom. The first-order chi connectivity index (χ1) is 12.7. The van der Waals surface area contributed by atoms with Crippen LogP contribution < -0.4 is 10.6 Å². The molecule has 7 heteroatoms. The van der Waals surface area contributed by atoms with E-state index in [-0.39, 0.29) is 36.4 Å². The molecule has 0 spiro atoms. The predicted octanol–water partition coefficient (Wildman–Crippen LogP) is 2.56. The molecule has 0 aliphatic carbocycles. The van der Waals surface area contributed by atoms with Crippen molar-refractivity contribution in [2.75, 3.05) is 39.4 Å². The first-order valence-electron chi connectivity index (χ1n) is 9.69. The van der Waals surface area contributed by atoms with Crippen LogP contribution in [0.4, 0.5) is 0 Å². The van der Waals surface area contributed by atoms with Crippen molar-refractivity contribution >= 4 is 35.8 Å². The van der Waals surface area contributed by atoms with Gasteiger partial charge in [0, 0.05) is 39.4 Å². The summed E-state index contributed by atoms with van der Waals surface area (Å²) in [7, 11) is 0. The maximum Gasteiger partial charge on any atom is 0.244 e. The van der Waals surface area contributed by atoms with E-state index in [4.69, 9.17) is 4.74 Å². The Labute approximate surface area is 180 Å². The molecule has 0 atom stereocenters. The standard InChI is InChI=1S/C20H32N4O2.HI/c1-3-21-20(22-12-7-8-14-26-4-2)23-15-19(25)24-13-11-17-9-5-6-10-18(17)16-24;/h5-6,9-10H,3-4,7-8,11-16H2,1-2H3,(H2,21,22,23);1H. The van der Waals surface area contributed by atoms with Gasteiger partial charge in [0.1, 0.15) is 6.54 Å². The fourth-order valence-electron chi connectivity index (χ4n) is 2.98. The molecule has 0 radical (unpaired) electrons. The summed E-state index contributed by atoms with van der Waals surface area (Å²) in [5.74, 6) is 0.780. The summed E-state index contributed by atoms with van der Waals surface area (Å²) in [5.41, 5.74) is 2.59. The highest BCUT2D eigenvalue weighted by atomic mass is 127. The number of hydrogen-bond donors (Lipinski definition) is 2. The molecular weight excluding hydrogens is 455 g/mol. The van der Waals surface area contributed by atoms with Crippen LogP contribution in [0.3, 0.4) is 0 Å². The number of halogens is 1. The molecule has 1 heterocycles. The molecule has 2 rings (SSSR count). The Bertz CT molecular complexity index is 595. The third-order valence-electron chi connectivity index (χ3n) is 4.41. The number of benzene rings is 1. The second-order valence-corrected chi connectivity index (χ2v) is 6.36. The largest absolute Gasteiger partial charge is 0.382 e. The van der Waals surface area contributed by atoms with Crippen molar-refractivity contribution in [1.29, 1.82) is 0 Å². The van der Waals surface area contributed by atoms with Crippen LogP contribution in [0, 0.1) is 0 Å². The van der Waals surface area contributed by atoms with Gasteiger partial charge in [-0.05, 0) is 44.2 Å². The van der Waals surface area contributed by atoms with Crippen molar-refractivity contribution in [3.05, 3.63) is 35.4 Å². The van der Waals surface area contributed by atoms with E-state index in [9.17, 15) is 4.79 Å². The molecule has 152 valence electrons. The number of nitrogens with zero attached hydrogens (tertiary/aromatic N) is 2. The van der Waals surface area contributed by atoms with Gasteiger partial charge in [0.2, 0.25) is 5.91 Å². The average Bonchev–Trinajstić information content (AvgIpc) is 2.68. The van der Waals surface area contributed by atoms with Gasteiger partial charge in [0.25, 0.3) is 0 Å². The van der Waals surface area contributed by atoms with Crippen LogP contribution in [0.25, 0.3) is 0 Å². The second kappa shape index (κ2) is 13.8. The number of guanidine groups is 1. The van der Waals surface area contributed by atoms with Crippen molar-refractivity contribution in [3.63, 3.8) is 0 Å². The smallest absolute Gasteiger partial charge is 0.244 e. The molecule has 1 aromatic rings. The van der Waals surface area contributed by atoms with Gasteiger partial charge in [0.15, 0.2) is 5.96 Å². The Balaban J connectivity index is 0.00000364. The third-order valence-corrected chi connectivity index (χ3v) is 4.41. The predicted molar refractivity (Wildman–Crippen MR) is 121 cm³/mol. The SMILES string of the molecule is CCNC(=NCC(=O)N1CCc2ccccc2C1)NCCCCOCC.I. The molecule has 0 saturated carbocycles. The summed E-state index contributed by atoms with van der Waals surface area (Å²) in [6.45, 7) is 8.82.